The van der Waals surface area contributed by atoms with E-state index in [4.69, 9.17) is 10.7 Å². The monoisotopic (exact) mass is 331 g/mol. The van der Waals surface area contributed by atoms with Crippen molar-refractivity contribution < 1.29 is 0 Å². The number of nitrogens with two attached hydrogens (primary N) is 1. The first-order chi connectivity index (χ1) is 9.70. The van der Waals surface area contributed by atoms with Crippen LogP contribution in [0.1, 0.15) is 48.7 Å². The highest BCUT2D eigenvalue weighted by atomic mass is 79.9. The molecule has 0 atom stereocenters. The molecule has 0 spiro atoms. The highest BCUT2D eigenvalue weighted by Crippen LogP contribution is 2.33. The van der Waals surface area contributed by atoms with Crippen LogP contribution in [0.2, 0.25) is 0 Å². The van der Waals surface area contributed by atoms with Crippen LogP contribution < -0.4 is 5.73 Å². The summed E-state index contributed by atoms with van der Waals surface area (Å²) >= 11 is 3.45. The minimum absolute atomic E-state index is 0.573. The van der Waals surface area contributed by atoms with Gasteiger partial charge in [0, 0.05) is 28.6 Å². The van der Waals surface area contributed by atoms with E-state index in [0.29, 0.717) is 11.7 Å². The molecule has 1 fully saturated rings. The Morgan fingerprint density at radius 1 is 1.10 bits per heavy atom. The largest absolute Gasteiger partial charge is 0.384 e. The van der Waals surface area contributed by atoms with Gasteiger partial charge in [-0.2, -0.15) is 0 Å². The van der Waals surface area contributed by atoms with E-state index in [2.05, 4.69) is 33.0 Å². The Bertz CT molecular complexity index is 589. The lowest BCUT2D eigenvalue weighted by molar-refractivity contribution is 0.687. The van der Waals surface area contributed by atoms with Crippen molar-refractivity contribution in [3.8, 4) is 0 Å². The van der Waals surface area contributed by atoms with E-state index in [1.165, 1.54) is 31.2 Å². The molecule has 1 heterocycles. The van der Waals surface area contributed by atoms with E-state index in [1.807, 2.05) is 18.2 Å². The summed E-state index contributed by atoms with van der Waals surface area (Å²) in [5.41, 5.74) is 8.28. The molecule has 0 saturated heterocycles. The van der Waals surface area contributed by atoms with E-state index in [1.54, 1.807) is 0 Å². The number of rotatable bonds is 3. The molecule has 1 aromatic carbocycles. The lowest BCUT2D eigenvalue weighted by Gasteiger charge is -2.11. The molecule has 1 aliphatic carbocycles. The maximum atomic E-state index is 5.95. The third-order valence-corrected chi connectivity index (χ3v) is 4.39. The molecule has 104 valence electrons. The molecule has 0 bridgehead atoms. The molecule has 1 saturated carbocycles. The number of aromatic nitrogens is 2. The Kier molecular flexibility index (Phi) is 4.01. The topological polar surface area (TPSA) is 51.8 Å². The number of halogens is 1. The first kappa shape index (κ1) is 13.6. The van der Waals surface area contributed by atoms with Crippen LogP contribution in [0, 0.1) is 0 Å². The smallest absolute Gasteiger partial charge is 0.135 e. The van der Waals surface area contributed by atoms with Crippen molar-refractivity contribution >= 4 is 21.7 Å². The van der Waals surface area contributed by atoms with Crippen LogP contribution in [0.3, 0.4) is 0 Å². The predicted octanol–water partition coefficient (Wildman–Crippen LogP) is 4.07. The summed E-state index contributed by atoms with van der Waals surface area (Å²) in [6.45, 7) is 0. The quantitative estimate of drug-likeness (QED) is 0.922. The average molecular weight is 332 g/mol. The molecule has 20 heavy (non-hydrogen) atoms. The van der Waals surface area contributed by atoms with E-state index < -0.39 is 0 Å². The van der Waals surface area contributed by atoms with Crippen molar-refractivity contribution in [2.24, 2.45) is 0 Å². The van der Waals surface area contributed by atoms with Crippen molar-refractivity contribution in [3.63, 3.8) is 0 Å². The first-order valence-electron chi connectivity index (χ1n) is 7.08. The lowest BCUT2D eigenvalue weighted by atomic mass is 10.0. The highest BCUT2D eigenvalue weighted by molar-refractivity contribution is 9.10. The summed E-state index contributed by atoms with van der Waals surface area (Å²) in [4.78, 5) is 9.11. The molecule has 0 amide bonds. The number of anilines is 1. The summed E-state index contributed by atoms with van der Waals surface area (Å²) in [6, 6.07) is 10.2. The van der Waals surface area contributed by atoms with Crippen LogP contribution in [0.25, 0.3) is 0 Å². The Morgan fingerprint density at radius 2 is 1.80 bits per heavy atom. The van der Waals surface area contributed by atoms with Gasteiger partial charge in [-0.25, -0.2) is 9.97 Å². The zero-order valence-corrected chi connectivity index (χ0v) is 12.9. The van der Waals surface area contributed by atoms with E-state index in [0.717, 1.165) is 22.4 Å². The number of hydrogen-bond acceptors (Lipinski definition) is 3. The summed E-state index contributed by atoms with van der Waals surface area (Å²) in [5, 5.41) is 0. The van der Waals surface area contributed by atoms with Crippen LogP contribution in [-0.4, -0.2) is 9.97 Å². The van der Waals surface area contributed by atoms with Crippen LogP contribution in [-0.2, 0) is 6.42 Å². The van der Waals surface area contributed by atoms with Crippen LogP contribution in [0.5, 0.6) is 0 Å². The Hall–Kier alpha value is -1.42. The molecule has 2 N–H and O–H groups in total. The van der Waals surface area contributed by atoms with Gasteiger partial charge in [-0.05, 0) is 30.5 Å². The van der Waals surface area contributed by atoms with Gasteiger partial charge in [0.05, 0.1) is 0 Å². The Morgan fingerprint density at radius 3 is 2.50 bits per heavy atom. The fraction of sp³-hybridized carbons (Fsp3) is 0.375. The second-order valence-corrected chi connectivity index (χ2v) is 6.33. The van der Waals surface area contributed by atoms with Gasteiger partial charge in [-0.1, -0.05) is 40.9 Å². The molecular weight excluding hydrogens is 314 g/mol. The Balaban J connectivity index is 1.83. The van der Waals surface area contributed by atoms with Gasteiger partial charge in [0.2, 0.25) is 0 Å². The second kappa shape index (κ2) is 5.92. The summed E-state index contributed by atoms with van der Waals surface area (Å²) in [6.07, 6.45) is 5.80. The van der Waals surface area contributed by atoms with Gasteiger partial charge in [0.1, 0.15) is 11.6 Å². The second-order valence-electron chi connectivity index (χ2n) is 5.42. The molecule has 0 radical (unpaired) electrons. The van der Waals surface area contributed by atoms with Gasteiger partial charge in [-0.15, -0.1) is 0 Å². The van der Waals surface area contributed by atoms with Crippen molar-refractivity contribution in [2.45, 2.75) is 38.0 Å². The minimum atomic E-state index is 0.573. The summed E-state index contributed by atoms with van der Waals surface area (Å²) in [5.74, 6) is 1.99. The SMILES string of the molecule is Nc1cc(C2CCCC2)nc(Cc2ccc(Br)cc2)n1. The number of nitrogen functional groups attached to an aromatic ring is 1. The summed E-state index contributed by atoms with van der Waals surface area (Å²) < 4.78 is 1.08. The minimum Gasteiger partial charge on any atom is -0.384 e. The fourth-order valence-electron chi connectivity index (χ4n) is 2.83. The maximum Gasteiger partial charge on any atom is 0.135 e. The van der Waals surface area contributed by atoms with E-state index >= 15 is 0 Å². The van der Waals surface area contributed by atoms with Crippen molar-refractivity contribution in [1.29, 1.82) is 0 Å². The molecule has 0 aliphatic heterocycles. The molecule has 4 heteroatoms. The fourth-order valence-corrected chi connectivity index (χ4v) is 3.10. The number of nitrogens with zero attached hydrogens (tertiary/aromatic N) is 2. The molecule has 1 aromatic heterocycles. The van der Waals surface area contributed by atoms with Gasteiger partial charge < -0.3 is 5.73 Å². The summed E-state index contributed by atoms with van der Waals surface area (Å²) in [7, 11) is 0. The van der Waals surface area contributed by atoms with Crippen LogP contribution in [0.15, 0.2) is 34.8 Å². The van der Waals surface area contributed by atoms with Gasteiger partial charge >= 0.3 is 0 Å². The average Bonchev–Trinajstić information content (AvgIpc) is 2.95. The normalized spacial score (nSPS) is 15.7. The number of hydrogen-bond donors (Lipinski definition) is 1. The van der Waals surface area contributed by atoms with Crippen LogP contribution >= 0.6 is 15.9 Å². The predicted molar refractivity (Wildman–Crippen MR) is 84.6 cm³/mol. The molecule has 1 aliphatic rings. The van der Waals surface area contributed by atoms with Crippen molar-refractivity contribution in [1.82, 2.24) is 9.97 Å². The molecular formula is C16H18BrN3. The van der Waals surface area contributed by atoms with Crippen molar-refractivity contribution in [2.75, 3.05) is 5.73 Å². The highest BCUT2D eigenvalue weighted by Gasteiger charge is 2.19. The zero-order chi connectivity index (χ0) is 13.9. The molecule has 0 unspecified atom stereocenters. The number of benzene rings is 1. The van der Waals surface area contributed by atoms with E-state index in [9.17, 15) is 0 Å². The van der Waals surface area contributed by atoms with Crippen molar-refractivity contribution in [3.05, 3.63) is 51.9 Å². The molecule has 3 rings (SSSR count). The first-order valence-corrected chi connectivity index (χ1v) is 7.88. The standard InChI is InChI=1S/C16H18BrN3/c17-13-7-5-11(6-8-13)9-16-19-14(10-15(18)20-16)12-3-1-2-4-12/h5-8,10,12H,1-4,9H2,(H2,18,19,20). The third kappa shape index (κ3) is 3.18. The maximum absolute atomic E-state index is 5.95. The molecule has 2 aromatic rings. The molecule has 3 nitrogen and oxygen atoms in total. The van der Waals surface area contributed by atoms with Gasteiger partial charge in [-0.3, -0.25) is 0 Å². The third-order valence-electron chi connectivity index (χ3n) is 3.86. The lowest BCUT2D eigenvalue weighted by Crippen LogP contribution is -2.06. The Labute approximate surface area is 127 Å². The van der Waals surface area contributed by atoms with Crippen LogP contribution in [0.4, 0.5) is 5.82 Å². The van der Waals surface area contributed by atoms with Gasteiger partial charge in [0.25, 0.3) is 0 Å². The van der Waals surface area contributed by atoms with E-state index in [-0.39, 0.29) is 0 Å². The van der Waals surface area contributed by atoms with Gasteiger partial charge in [0.15, 0.2) is 0 Å². The zero-order valence-electron chi connectivity index (χ0n) is 11.3.